The third-order valence-corrected chi connectivity index (χ3v) is 6.30. The number of rotatable bonds is 4. The first-order valence-corrected chi connectivity index (χ1v) is 10.4. The molecule has 30 heavy (non-hydrogen) atoms. The van der Waals surface area contributed by atoms with Crippen LogP contribution in [0.2, 0.25) is 0 Å². The molecule has 6 nitrogen and oxygen atoms in total. The van der Waals surface area contributed by atoms with E-state index in [4.69, 9.17) is 0 Å². The Morgan fingerprint density at radius 2 is 1.63 bits per heavy atom. The van der Waals surface area contributed by atoms with Crippen molar-refractivity contribution in [3.05, 3.63) is 59.9 Å². The van der Waals surface area contributed by atoms with Gasteiger partial charge in [0.25, 0.3) is 0 Å². The molecule has 1 aliphatic heterocycles. The van der Waals surface area contributed by atoms with Crippen LogP contribution >= 0.6 is 0 Å². The molecule has 3 amide bonds. The van der Waals surface area contributed by atoms with Gasteiger partial charge in [0, 0.05) is 38.9 Å². The van der Waals surface area contributed by atoms with Gasteiger partial charge in [0.1, 0.15) is 5.82 Å². The van der Waals surface area contributed by atoms with Gasteiger partial charge < -0.3 is 20.4 Å². The average molecular weight is 410 g/mol. The number of carbonyl (C=O) groups excluding carboxylic acids is 2. The zero-order chi connectivity index (χ0) is 21.1. The number of anilines is 2. The van der Waals surface area contributed by atoms with Crippen LogP contribution in [0.3, 0.4) is 0 Å². The Hall–Kier alpha value is -3.09. The first-order chi connectivity index (χ1) is 14.5. The summed E-state index contributed by atoms with van der Waals surface area (Å²) in [6.45, 7) is 2.42. The maximum Gasteiger partial charge on any atom is 0.318 e. The molecule has 2 aromatic carbocycles. The zero-order valence-electron chi connectivity index (χ0n) is 17.2. The highest BCUT2D eigenvalue weighted by atomic mass is 19.1. The summed E-state index contributed by atoms with van der Waals surface area (Å²) in [5, 5.41) is 5.26. The Kier molecular flexibility index (Phi) is 5.61. The van der Waals surface area contributed by atoms with E-state index in [2.05, 4.69) is 10.6 Å². The third-order valence-electron chi connectivity index (χ3n) is 6.30. The average Bonchev–Trinajstić information content (AvgIpc) is 2.74. The van der Waals surface area contributed by atoms with E-state index < -0.39 is 5.41 Å². The number of urea groups is 1. The van der Waals surface area contributed by atoms with Crippen LogP contribution in [0.25, 0.3) is 0 Å². The number of piperazine rings is 1. The largest absolute Gasteiger partial charge is 0.366 e. The van der Waals surface area contributed by atoms with Crippen molar-refractivity contribution in [2.24, 2.45) is 0 Å². The Labute approximate surface area is 176 Å². The predicted octanol–water partition coefficient (Wildman–Crippen LogP) is 3.35. The molecule has 2 aromatic rings. The van der Waals surface area contributed by atoms with Crippen molar-refractivity contribution in [2.75, 3.05) is 43.4 Å². The fraction of sp³-hybridized carbons (Fsp3) is 0.391. The fourth-order valence-electron chi connectivity index (χ4n) is 4.38. The highest BCUT2D eigenvalue weighted by molar-refractivity contribution is 5.91. The number of para-hydroxylation sites is 1. The predicted molar refractivity (Wildman–Crippen MR) is 115 cm³/mol. The number of nitrogens with zero attached hydrogens (tertiary/aromatic N) is 2. The number of benzene rings is 2. The minimum Gasteiger partial charge on any atom is -0.366 e. The molecule has 0 spiro atoms. The molecule has 2 aliphatic rings. The molecule has 0 atom stereocenters. The summed E-state index contributed by atoms with van der Waals surface area (Å²) in [5.41, 5.74) is 1.81. The minimum absolute atomic E-state index is 0.161. The summed E-state index contributed by atoms with van der Waals surface area (Å²) in [6, 6.07) is 14.1. The third kappa shape index (κ3) is 3.72. The molecule has 2 fully saturated rings. The molecular formula is C23H27FN4O2. The fourth-order valence-corrected chi connectivity index (χ4v) is 4.38. The number of amides is 3. The highest BCUT2D eigenvalue weighted by Crippen LogP contribution is 2.45. The Morgan fingerprint density at radius 1 is 0.967 bits per heavy atom. The molecule has 1 saturated heterocycles. The Balaban J connectivity index is 1.44. The van der Waals surface area contributed by atoms with Crippen LogP contribution < -0.4 is 15.5 Å². The molecule has 1 saturated carbocycles. The van der Waals surface area contributed by atoms with E-state index in [0.29, 0.717) is 37.6 Å². The molecule has 0 aromatic heterocycles. The maximum absolute atomic E-state index is 14.1. The van der Waals surface area contributed by atoms with Crippen LogP contribution in [0.15, 0.2) is 48.5 Å². The van der Waals surface area contributed by atoms with E-state index in [1.807, 2.05) is 40.1 Å². The number of halogens is 1. The van der Waals surface area contributed by atoms with Gasteiger partial charge in [-0.1, -0.05) is 30.7 Å². The quantitative estimate of drug-likeness (QED) is 0.813. The van der Waals surface area contributed by atoms with Gasteiger partial charge in [-0.15, -0.1) is 0 Å². The lowest BCUT2D eigenvalue weighted by Crippen LogP contribution is -2.56. The molecule has 0 radical (unpaired) electrons. The van der Waals surface area contributed by atoms with Gasteiger partial charge in [0.2, 0.25) is 5.91 Å². The summed E-state index contributed by atoms with van der Waals surface area (Å²) in [7, 11) is 1.57. The monoisotopic (exact) mass is 410 g/mol. The second-order valence-corrected chi connectivity index (χ2v) is 7.95. The van der Waals surface area contributed by atoms with Crippen LogP contribution in [0.1, 0.15) is 24.8 Å². The maximum atomic E-state index is 14.1. The zero-order valence-corrected chi connectivity index (χ0v) is 17.2. The van der Waals surface area contributed by atoms with Crippen molar-refractivity contribution in [2.45, 2.75) is 24.7 Å². The van der Waals surface area contributed by atoms with Gasteiger partial charge in [-0.3, -0.25) is 4.79 Å². The lowest BCUT2D eigenvalue weighted by Gasteiger charge is -2.46. The van der Waals surface area contributed by atoms with E-state index in [1.165, 1.54) is 6.07 Å². The minimum atomic E-state index is -0.480. The molecule has 158 valence electrons. The second-order valence-electron chi connectivity index (χ2n) is 7.95. The van der Waals surface area contributed by atoms with Crippen LogP contribution in [0, 0.1) is 5.82 Å². The van der Waals surface area contributed by atoms with Crippen molar-refractivity contribution < 1.29 is 14.0 Å². The SMILES string of the molecule is CNC(=O)Nc1ccc(C2(C(=O)N3CCN(c4ccccc4F)CC3)CCC2)cc1. The van der Waals surface area contributed by atoms with Crippen LogP contribution in [0.4, 0.5) is 20.6 Å². The molecule has 0 bridgehead atoms. The van der Waals surface area contributed by atoms with E-state index in [1.54, 1.807) is 19.2 Å². The number of carbonyl (C=O) groups is 2. The highest BCUT2D eigenvalue weighted by Gasteiger charge is 2.48. The lowest BCUT2D eigenvalue weighted by atomic mass is 9.63. The molecule has 1 aliphatic carbocycles. The van der Waals surface area contributed by atoms with Gasteiger partial charge in [-0.2, -0.15) is 0 Å². The van der Waals surface area contributed by atoms with E-state index in [0.717, 1.165) is 24.8 Å². The van der Waals surface area contributed by atoms with Gasteiger partial charge in [0.15, 0.2) is 0 Å². The van der Waals surface area contributed by atoms with Crippen molar-refractivity contribution in [1.82, 2.24) is 10.2 Å². The molecule has 1 heterocycles. The van der Waals surface area contributed by atoms with Gasteiger partial charge >= 0.3 is 6.03 Å². The summed E-state index contributed by atoms with van der Waals surface area (Å²) in [4.78, 5) is 28.9. The molecule has 0 unspecified atom stereocenters. The first kappa shape index (κ1) is 20.2. The first-order valence-electron chi connectivity index (χ1n) is 10.4. The van der Waals surface area contributed by atoms with Gasteiger partial charge in [-0.05, 0) is 42.7 Å². The number of hydrogen-bond donors (Lipinski definition) is 2. The molecular weight excluding hydrogens is 383 g/mol. The van der Waals surface area contributed by atoms with Gasteiger partial charge in [-0.25, -0.2) is 9.18 Å². The van der Waals surface area contributed by atoms with E-state index in [-0.39, 0.29) is 17.8 Å². The Morgan fingerprint density at radius 3 is 2.20 bits per heavy atom. The standard InChI is InChI=1S/C23H27FN4O2/c1-25-22(30)26-18-9-7-17(8-10-18)23(11-4-12-23)21(29)28-15-13-27(14-16-28)20-6-3-2-5-19(20)24/h2-3,5-10H,4,11-16H2,1H3,(H2,25,26,30). The topological polar surface area (TPSA) is 64.7 Å². The normalized spacial score (nSPS) is 17.8. The van der Waals surface area contributed by atoms with E-state index >= 15 is 0 Å². The Bertz CT molecular complexity index is 919. The van der Waals surface area contributed by atoms with Crippen LogP contribution in [-0.2, 0) is 10.2 Å². The molecule has 4 rings (SSSR count). The van der Waals surface area contributed by atoms with Crippen molar-refractivity contribution >= 4 is 23.3 Å². The van der Waals surface area contributed by atoms with Crippen molar-refractivity contribution in [3.8, 4) is 0 Å². The summed E-state index contributed by atoms with van der Waals surface area (Å²) in [6.07, 6.45) is 2.70. The number of nitrogens with one attached hydrogen (secondary N) is 2. The summed E-state index contributed by atoms with van der Waals surface area (Å²) < 4.78 is 14.1. The molecule has 7 heteroatoms. The van der Waals surface area contributed by atoms with Crippen molar-refractivity contribution in [3.63, 3.8) is 0 Å². The number of hydrogen-bond acceptors (Lipinski definition) is 3. The van der Waals surface area contributed by atoms with Gasteiger partial charge in [0.05, 0.1) is 11.1 Å². The van der Waals surface area contributed by atoms with Crippen molar-refractivity contribution in [1.29, 1.82) is 0 Å². The summed E-state index contributed by atoms with van der Waals surface area (Å²) >= 11 is 0. The molecule has 2 N–H and O–H groups in total. The summed E-state index contributed by atoms with van der Waals surface area (Å²) in [5.74, 6) is -0.0628. The lowest BCUT2D eigenvalue weighted by molar-refractivity contribution is -0.141. The van der Waals surface area contributed by atoms with E-state index in [9.17, 15) is 14.0 Å². The van der Waals surface area contributed by atoms with Crippen LogP contribution in [-0.4, -0.2) is 50.1 Å². The smallest absolute Gasteiger partial charge is 0.318 e. The van der Waals surface area contributed by atoms with Crippen LogP contribution in [0.5, 0.6) is 0 Å². The second kappa shape index (κ2) is 8.34.